The van der Waals surface area contributed by atoms with Crippen molar-refractivity contribution in [3.05, 3.63) is 35.4 Å². The minimum atomic E-state index is -0.0196. The van der Waals surface area contributed by atoms with Crippen LogP contribution in [0.3, 0.4) is 0 Å². The molecule has 124 valence electrons. The van der Waals surface area contributed by atoms with Crippen LogP contribution in [0.2, 0.25) is 0 Å². The van der Waals surface area contributed by atoms with Gasteiger partial charge in [0.1, 0.15) is 0 Å². The molecule has 0 radical (unpaired) electrons. The number of benzene rings is 1. The van der Waals surface area contributed by atoms with Gasteiger partial charge in [0.2, 0.25) is 0 Å². The van der Waals surface area contributed by atoms with E-state index in [4.69, 9.17) is 0 Å². The molecule has 1 aliphatic heterocycles. The van der Waals surface area contributed by atoms with Gasteiger partial charge in [-0.1, -0.05) is 19.3 Å². The number of rotatable bonds is 3. The van der Waals surface area contributed by atoms with Crippen molar-refractivity contribution in [3.63, 3.8) is 0 Å². The molecule has 4 heteroatoms. The van der Waals surface area contributed by atoms with E-state index in [1.165, 1.54) is 25.7 Å². The minimum absolute atomic E-state index is 0.0196. The van der Waals surface area contributed by atoms with Crippen LogP contribution in [0.4, 0.5) is 0 Å². The van der Waals surface area contributed by atoms with Gasteiger partial charge in [0.15, 0.2) is 0 Å². The van der Waals surface area contributed by atoms with Gasteiger partial charge in [-0.2, -0.15) is 0 Å². The van der Waals surface area contributed by atoms with Crippen LogP contribution in [-0.2, 0) is 0 Å². The summed E-state index contributed by atoms with van der Waals surface area (Å²) < 4.78 is 0. The monoisotopic (exact) mass is 314 g/mol. The fraction of sp³-hybridized carbons (Fsp3) is 0.579. The average molecular weight is 314 g/mol. The fourth-order valence-electron chi connectivity index (χ4n) is 3.56. The molecule has 4 nitrogen and oxygen atoms in total. The summed E-state index contributed by atoms with van der Waals surface area (Å²) in [4.78, 5) is 26.6. The highest BCUT2D eigenvalue weighted by atomic mass is 16.2. The standard InChI is InChI=1S/C19H26N2O2/c22-18(20-17-7-3-1-4-8-17)15-9-11-16(12-10-15)19(23)21-13-5-2-6-14-21/h9-12,17H,1-8,13-14H2,(H,20,22). The zero-order valence-electron chi connectivity index (χ0n) is 13.7. The normalized spacial score (nSPS) is 19.4. The second kappa shape index (κ2) is 7.62. The Morgan fingerprint density at radius 3 is 2.04 bits per heavy atom. The molecule has 0 bridgehead atoms. The molecule has 0 atom stereocenters. The van der Waals surface area contributed by atoms with Crippen molar-refractivity contribution in [1.29, 1.82) is 0 Å². The summed E-state index contributed by atoms with van der Waals surface area (Å²) in [5.74, 6) is 0.0674. The number of hydrogen-bond donors (Lipinski definition) is 1. The molecule has 0 unspecified atom stereocenters. The second-order valence-electron chi connectivity index (χ2n) is 6.74. The van der Waals surface area contributed by atoms with Gasteiger partial charge in [0.25, 0.3) is 11.8 Å². The Hall–Kier alpha value is -1.84. The van der Waals surface area contributed by atoms with Crippen molar-refractivity contribution in [2.24, 2.45) is 0 Å². The van der Waals surface area contributed by atoms with Gasteiger partial charge >= 0.3 is 0 Å². The third-order valence-corrected chi connectivity index (χ3v) is 4.98. The van der Waals surface area contributed by atoms with E-state index in [1.807, 2.05) is 4.90 Å². The van der Waals surface area contributed by atoms with Gasteiger partial charge in [-0.05, 0) is 56.4 Å². The Kier molecular flexibility index (Phi) is 5.31. The molecule has 1 N–H and O–H groups in total. The number of piperidine rings is 1. The van der Waals surface area contributed by atoms with Crippen molar-refractivity contribution < 1.29 is 9.59 Å². The second-order valence-corrected chi connectivity index (χ2v) is 6.74. The van der Waals surface area contributed by atoms with Crippen molar-refractivity contribution in [2.75, 3.05) is 13.1 Å². The smallest absolute Gasteiger partial charge is 0.253 e. The lowest BCUT2D eigenvalue weighted by atomic mass is 9.95. The van der Waals surface area contributed by atoms with Crippen molar-refractivity contribution in [1.82, 2.24) is 10.2 Å². The quantitative estimate of drug-likeness (QED) is 0.930. The van der Waals surface area contributed by atoms with Crippen LogP contribution in [0.5, 0.6) is 0 Å². The Morgan fingerprint density at radius 2 is 1.39 bits per heavy atom. The molecule has 2 amide bonds. The Balaban J connectivity index is 1.59. The van der Waals surface area contributed by atoms with E-state index < -0.39 is 0 Å². The van der Waals surface area contributed by atoms with E-state index >= 15 is 0 Å². The van der Waals surface area contributed by atoms with Crippen molar-refractivity contribution in [2.45, 2.75) is 57.4 Å². The van der Waals surface area contributed by atoms with Crippen LogP contribution in [0.1, 0.15) is 72.1 Å². The van der Waals surface area contributed by atoms with E-state index in [1.54, 1.807) is 24.3 Å². The number of carbonyl (C=O) groups is 2. The van der Waals surface area contributed by atoms with Crippen molar-refractivity contribution in [3.8, 4) is 0 Å². The maximum atomic E-state index is 12.4. The van der Waals surface area contributed by atoms with E-state index in [9.17, 15) is 9.59 Å². The fourth-order valence-corrected chi connectivity index (χ4v) is 3.56. The highest BCUT2D eigenvalue weighted by Crippen LogP contribution is 2.18. The molecule has 1 saturated carbocycles. The Bertz CT molecular complexity index is 541. The molecule has 1 saturated heterocycles. The molecule has 23 heavy (non-hydrogen) atoms. The summed E-state index contributed by atoms with van der Waals surface area (Å²) in [6.45, 7) is 1.70. The molecule has 0 spiro atoms. The summed E-state index contributed by atoms with van der Waals surface area (Å²) in [5.41, 5.74) is 1.33. The number of nitrogens with one attached hydrogen (secondary N) is 1. The first kappa shape index (κ1) is 16.0. The number of likely N-dealkylation sites (tertiary alicyclic amines) is 1. The predicted molar refractivity (Wildman–Crippen MR) is 90.5 cm³/mol. The minimum Gasteiger partial charge on any atom is -0.349 e. The summed E-state index contributed by atoms with van der Waals surface area (Å²) >= 11 is 0. The SMILES string of the molecule is O=C(NC1CCCCC1)c1ccc(C(=O)N2CCCCC2)cc1. The number of nitrogens with zero attached hydrogens (tertiary/aromatic N) is 1. The third kappa shape index (κ3) is 4.12. The van der Waals surface area contributed by atoms with Crippen LogP contribution < -0.4 is 5.32 Å². The first-order valence-electron chi connectivity index (χ1n) is 8.94. The summed E-state index contributed by atoms with van der Waals surface area (Å²) in [6.07, 6.45) is 9.24. The number of amides is 2. The Morgan fingerprint density at radius 1 is 0.826 bits per heavy atom. The number of carbonyl (C=O) groups excluding carboxylic acids is 2. The average Bonchev–Trinajstić information content (AvgIpc) is 2.63. The largest absolute Gasteiger partial charge is 0.349 e. The van der Waals surface area contributed by atoms with Crippen molar-refractivity contribution >= 4 is 11.8 Å². The lowest BCUT2D eigenvalue weighted by molar-refractivity contribution is 0.0723. The molecular formula is C19H26N2O2. The molecule has 1 aliphatic carbocycles. The maximum Gasteiger partial charge on any atom is 0.253 e. The molecule has 1 aromatic rings. The highest BCUT2D eigenvalue weighted by Gasteiger charge is 2.19. The molecule has 1 aromatic carbocycles. The molecule has 1 heterocycles. The van der Waals surface area contributed by atoms with Gasteiger partial charge in [-0.15, -0.1) is 0 Å². The van der Waals surface area contributed by atoms with E-state index in [0.717, 1.165) is 38.8 Å². The maximum absolute atomic E-state index is 12.4. The topological polar surface area (TPSA) is 49.4 Å². The van der Waals surface area contributed by atoms with Crippen LogP contribution in [-0.4, -0.2) is 35.8 Å². The van der Waals surface area contributed by atoms with Crippen LogP contribution in [0.25, 0.3) is 0 Å². The van der Waals surface area contributed by atoms with Gasteiger partial charge in [-0.25, -0.2) is 0 Å². The van der Waals surface area contributed by atoms with E-state index in [-0.39, 0.29) is 11.8 Å². The Labute approximate surface area is 138 Å². The predicted octanol–water partition coefficient (Wildman–Crippen LogP) is 3.38. The first-order chi connectivity index (χ1) is 11.2. The molecule has 0 aromatic heterocycles. The zero-order chi connectivity index (χ0) is 16.1. The lowest BCUT2D eigenvalue weighted by Crippen LogP contribution is -2.36. The van der Waals surface area contributed by atoms with Crippen LogP contribution in [0, 0.1) is 0 Å². The van der Waals surface area contributed by atoms with Gasteiger partial charge in [-0.3, -0.25) is 9.59 Å². The van der Waals surface area contributed by atoms with Crippen LogP contribution in [0.15, 0.2) is 24.3 Å². The lowest BCUT2D eigenvalue weighted by Gasteiger charge is -2.26. The van der Waals surface area contributed by atoms with Gasteiger partial charge in [0, 0.05) is 30.3 Å². The van der Waals surface area contributed by atoms with Gasteiger partial charge in [0.05, 0.1) is 0 Å². The summed E-state index contributed by atoms with van der Waals surface area (Å²) in [6, 6.07) is 7.43. The van der Waals surface area contributed by atoms with Gasteiger partial charge < -0.3 is 10.2 Å². The van der Waals surface area contributed by atoms with E-state index in [0.29, 0.717) is 17.2 Å². The first-order valence-corrected chi connectivity index (χ1v) is 8.94. The molecule has 3 rings (SSSR count). The highest BCUT2D eigenvalue weighted by molar-refractivity contribution is 5.98. The zero-order valence-corrected chi connectivity index (χ0v) is 13.7. The summed E-state index contributed by atoms with van der Waals surface area (Å²) in [5, 5.41) is 3.11. The molecule has 2 fully saturated rings. The molecule has 2 aliphatic rings. The van der Waals surface area contributed by atoms with Crippen LogP contribution >= 0.6 is 0 Å². The third-order valence-electron chi connectivity index (χ3n) is 4.98. The van der Waals surface area contributed by atoms with E-state index in [2.05, 4.69) is 5.32 Å². The summed E-state index contributed by atoms with van der Waals surface area (Å²) in [7, 11) is 0. The molecular weight excluding hydrogens is 288 g/mol. The number of hydrogen-bond acceptors (Lipinski definition) is 2.